The molecule has 158 valence electrons. The van der Waals surface area contributed by atoms with E-state index in [1.807, 2.05) is 16.1 Å². The third kappa shape index (κ3) is 4.85. The van der Waals surface area contributed by atoms with Gasteiger partial charge in [0.2, 0.25) is 11.9 Å². The second-order valence-corrected chi connectivity index (χ2v) is 8.54. The highest BCUT2D eigenvalue weighted by atomic mass is 32.1. The zero-order chi connectivity index (χ0) is 20.9. The molecule has 1 fully saturated rings. The maximum absolute atomic E-state index is 12.6. The van der Waals surface area contributed by atoms with E-state index in [1.54, 1.807) is 24.5 Å². The minimum Gasteiger partial charge on any atom is -0.338 e. The predicted molar refractivity (Wildman–Crippen MR) is 120 cm³/mol. The monoisotopic (exact) mass is 426 g/mol. The number of benzene rings is 1. The van der Waals surface area contributed by atoms with Crippen molar-refractivity contribution in [3.8, 4) is 0 Å². The molecule has 8 nitrogen and oxygen atoms in total. The number of hydrogen-bond acceptors (Lipinski definition) is 7. The molecular weight excluding hydrogens is 400 g/mol. The molecule has 3 aromatic rings. The third-order valence-electron chi connectivity index (χ3n) is 5.26. The van der Waals surface area contributed by atoms with Crippen LogP contribution in [0.2, 0.25) is 0 Å². The molecule has 30 heavy (non-hydrogen) atoms. The van der Waals surface area contributed by atoms with E-state index in [9.17, 15) is 9.59 Å². The number of fused-ring (bicyclic) bond motifs is 1. The highest BCUT2D eigenvalue weighted by molar-refractivity contribution is 7.13. The predicted octanol–water partition coefficient (Wildman–Crippen LogP) is 2.41. The van der Waals surface area contributed by atoms with Gasteiger partial charge in [0.1, 0.15) is 0 Å². The summed E-state index contributed by atoms with van der Waals surface area (Å²) in [6.07, 6.45) is 5.59. The molecule has 0 bridgehead atoms. The molecule has 1 aromatic carbocycles. The van der Waals surface area contributed by atoms with Gasteiger partial charge in [0.15, 0.2) is 0 Å². The van der Waals surface area contributed by atoms with Gasteiger partial charge in [-0.05, 0) is 43.7 Å². The van der Waals surface area contributed by atoms with Gasteiger partial charge in [0.25, 0.3) is 5.56 Å². The van der Waals surface area contributed by atoms with Crippen molar-refractivity contribution >= 4 is 39.2 Å². The van der Waals surface area contributed by atoms with E-state index in [1.165, 1.54) is 18.5 Å². The van der Waals surface area contributed by atoms with Crippen LogP contribution in [0.25, 0.3) is 10.1 Å². The highest BCUT2D eigenvalue weighted by Gasteiger charge is 2.18. The highest BCUT2D eigenvalue weighted by Crippen LogP contribution is 2.22. The van der Waals surface area contributed by atoms with Crippen molar-refractivity contribution < 1.29 is 4.79 Å². The fraction of sp³-hybridized carbons (Fsp3) is 0.429. The summed E-state index contributed by atoms with van der Waals surface area (Å²) in [7, 11) is 0. The van der Waals surface area contributed by atoms with E-state index in [4.69, 9.17) is 0 Å². The summed E-state index contributed by atoms with van der Waals surface area (Å²) in [4.78, 5) is 37.2. The fourth-order valence-electron chi connectivity index (χ4n) is 3.71. The first-order chi connectivity index (χ1) is 14.6. The van der Waals surface area contributed by atoms with Gasteiger partial charge < -0.3 is 10.2 Å². The van der Waals surface area contributed by atoms with Gasteiger partial charge >= 0.3 is 0 Å². The van der Waals surface area contributed by atoms with Crippen molar-refractivity contribution in [3.05, 3.63) is 47.0 Å². The lowest BCUT2D eigenvalue weighted by atomic mass is 10.2. The molecule has 0 unspecified atom stereocenters. The summed E-state index contributed by atoms with van der Waals surface area (Å²) in [5.41, 5.74) is 0.782. The van der Waals surface area contributed by atoms with Crippen molar-refractivity contribution in [2.75, 3.05) is 42.9 Å². The molecule has 0 radical (unpaired) electrons. The average Bonchev–Trinajstić information content (AvgIpc) is 3.07. The summed E-state index contributed by atoms with van der Waals surface area (Å²) in [5.74, 6) is 0.696. The van der Waals surface area contributed by atoms with Crippen molar-refractivity contribution in [2.45, 2.75) is 26.3 Å². The Morgan fingerprint density at radius 1 is 1.10 bits per heavy atom. The lowest BCUT2D eigenvalue weighted by molar-refractivity contribution is -0.114. The number of piperazine rings is 1. The Morgan fingerprint density at radius 2 is 1.83 bits per heavy atom. The Kier molecular flexibility index (Phi) is 6.39. The van der Waals surface area contributed by atoms with Crippen LogP contribution in [0.4, 0.5) is 11.6 Å². The van der Waals surface area contributed by atoms with Crippen LogP contribution >= 0.6 is 11.5 Å². The quantitative estimate of drug-likeness (QED) is 0.584. The number of anilines is 2. The molecule has 0 aliphatic carbocycles. The van der Waals surface area contributed by atoms with E-state index in [0.717, 1.165) is 68.4 Å². The van der Waals surface area contributed by atoms with Crippen LogP contribution in [0.5, 0.6) is 0 Å². The molecule has 9 heteroatoms. The number of carbonyl (C=O) groups is 1. The summed E-state index contributed by atoms with van der Waals surface area (Å²) < 4.78 is 2.73. The molecule has 4 rings (SSSR count). The molecule has 1 saturated heterocycles. The van der Waals surface area contributed by atoms with Crippen molar-refractivity contribution in [3.63, 3.8) is 0 Å². The number of unbranched alkanes of at least 4 members (excludes halogenated alkanes) is 1. The number of hydrogen-bond donors (Lipinski definition) is 1. The molecule has 3 heterocycles. The summed E-state index contributed by atoms with van der Waals surface area (Å²) in [5, 5.41) is 3.48. The first-order valence-corrected chi connectivity index (χ1v) is 11.0. The molecule has 1 aliphatic rings. The van der Waals surface area contributed by atoms with E-state index in [-0.39, 0.29) is 11.5 Å². The zero-order valence-corrected chi connectivity index (χ0v) is 17.9. The zero-order valence-electron chi connectivity index (χ0n) is 17.1. The van der Waals surface area contributed by atoms with Crippen molar-refractivity contribution in [1.82, 2.24) is 18.8 Å². The molecule has 1 amide bonds. The van der Waals surface area contributed by atoms with Gasteiger partial charge in [-0.1, -0.05) is 11.5 Å². The number of nitrogens with one attached hydrogen (secondary N) is 1. The number of carbonyl (C=O) groups excluding carboxylic acids is 1. The summed E-state index contributed by atoms with van der Waals surface area (Å²) in [6, 6.07) is 7.28. The molecule has 0 saturated carbocycles. The number of rotatable bonds is 7. The number of nitrogens with zero attached hydrogens (tertiary/aromatic N) is 5. The molecule has 0 atom stereocenters. The fourth-order valence-corrected chi connectivity index (χ4v) is 4.79. The number of amides is 1. The Bertz CT molecular complexity index is 1060. The molecule has 1 aliphatic heterocycles. The Morgan fingerprint density at radius 3 is 2.57 bits per heavy atom. The van der Waals surface area contributed by atoms with Crippen LogP contribution in [-0.2, 0) is 11.3 Å². The van der Waals surface area contributed by atoms with Crippen LogP contribution in [0.15, 0.2) is 41.5 Å². The van der Waals surface area contributed by atoms with Crippen LogP contribution in [-0.4, -0.2) is 57.5 Å². The minimum absolute atomic E-state index is 0.0563. The van der Waals surface area contributed by atoms with E-state index in [2.05, 4.69) is 25.1 Å². The first-order valence-electron chi connectivity index (χ1n) is 10.3. The van der Waals surface area contributed by atoms with Gasteiger partial charge in [-0.25, -0.2) is 9.97 Å². The second-order valence-electron chi connectivity index (χ2n) is 7.48. The van der Waals surface area contributed by atoms with Crippen LogP contribution in [0.3, 0.4) is 0 Å². The SMILES string of the molecule is CC(=O)Nc1ccc2c(=O)n(CCCCN3CCN(c4ncccn4)CC3)sc2c1. The normalized spacial score (nSPS) is 14.9. The van der Waals surface area contributed by atoms with Gasteiger partial charge in [-0.15, -0.1) is 0 Å². The Hall–Kier alpha value is -2.78. The van der Waals surface area contributed by atoms with Crippen LogP contribution in [0.1, 0.15) is 19.8 Å². The molecule has 1 N–H and O–H groups in total. The van der Waals surface area contributed by atoms with Gasteiger partial charge in [-0.3, -0.25) is 18.4 Å². The summed E-state index contributed by atoms with van der Waals surface area (Å²) in [6.45, 7) is 7.14. The van der Waals surface area contributed by atoms with E-state index < -0.39 is 0 Å². The maximum Gasteiger partial charge on any atom is 0.268 e. The van der Waals surface area contributed by atoms with E-state index >= 15 is 0 Å². The average molecular weight is 427 g/mol. The largest absolute Gasteiger partial charge is 0.338 e. The Balaban J connectivity index is 1.25. The first kappa shape index (κ1) is 20.5. The van der Waals surface area contributed by atoms with Gasteiger partial charge in [0.05, 0.1) is 10.1 Å². The van der Waals surface area contributed by atoms with Gasteiger partial charge in [0, 0.05) is 57.7 Å². The lowest BCUT2D eigenvalue weighted by Crippen LogP contribution is -2.47. The standard InChI is InChI=1S/C21H26N6O2S/c1-16(28)24-17-5-6-18-19(15-17)30-27(20(18)29)10-3-2-9-25-11-13-26(14-12-25)21-22-7-4-8-23-21/h4-8,15H,2-3,9-14H2,1H3,(H,24,28). The van der Waals surface area contributed by atoms with Crippen LogP contribution in [0, 0.1) is 0 Å². The smallest absolute Gasteiger partial charge is 0.268 e. The minimum atomic E-state index is -0.113. The second kappa shape index (κ2) is 9.36. The lowest BCUT2D eigenvalue weighted by Gasteiger charge is -2.34. The topological polar surface area (TPSA) is 83.4 Å². The van der Waals surface area contributed by atoms with Crippen LogP contribution < -0.4 is 15.8 Å². The molecular formula is C21H26N6O2S. The van der Waals surface area contributed by atoms with Crippen molar-refractivity contribution in [2.24, 2.45) is 0 Å². The maximum atomic E-state index is 12.6. The molecule has 2 aromatic heterocycles. The summed E-state index contributed by atoms with van der Waals surface area (Å²) >= 11 is 1.47. The van der Waals surface area contributed by atoms with Crippen molar-refractivity contribution in [1.29, 1.82) is 0 Å². The third-order valence-corrected chi connectivity index (χ3v) is 6.36. The van der Waals surface area contributed by atoms with E-state index in [0.29, 0.717) is 5.39 Å². The molecule has 0 spiro atoms. The number of aryl methyl sites for hydroxylation is 1. The Labute approximate surface area is 179 Å². The van der Waals surface area contributed by atoms with Gasteiger partial charge in [-0.2, -0.15) is 0 Å². The number of aromatic nitrogens is 3.